The number of aromatic nitrogens is 2. The topological polar surface area (TPSA) is 58.2 Å². The molecule has 1 aromatic heterocycles. The van der Waals surface area contributed by atoms with Crippen molar-refractivity contribution in [1.82, 2.24) is 14.9 Å². The predicted molar refractivity (Wildman–Crippen MR) is 106 cm³/mol. The Morgan fingerprint density at radius 3 is 2.44 bits per heavy atom. The summed E-state index contributed by atoms with van der Waals surface area (Å²) < 4.78 is 5.41. The van der Waals surface area contributed by atoms with Gasteiger partial charge in [0.25, 0.3) is 5.91 Å². The molecule has 0 unspecified atom stereocenters. The van der Waals surface area contributed by atoms with E-state index in [1.165, 1.54) is 0 Å². The number of benzene rings is 2. The summed E-state index contributed by atoms with van der Waals surface area (Å²) in [6, 6.07) is 12.0. The number of hydrogen-bond acceptors (Lipinski definition) is 3. The summed E-state index contributed by atoms with van der Waals surface area (Å²) >= 11 is 0. The monoisotopic (exact) mass is 363 g/mol. The summed E-state index contributed by atoms with van der Waals surface area (Å²) in [5.41, 5.74) is 4.83. The second-order valence-corrected chi connectivity index (χ2v) is 7.35. The molecule has 1 N–H and O–H groups in total. The number of nitrogens with one attached hydrogen (secondary N) is 1. The molecule has 0 atom stereocenters. The van der Waals surface area contributed by atoms with Crippen molar-refractivity contribution in [3.8, 4) is 5.75 Å². The van der Waals surface area contributed by atoms with E-state index in [0.717, 1.165) is 65.2 Å². The van der Waals surface area contributed by atoms with Crippen LogP contribution in [0.15, 0.2) is 36.4 Å². The van der Waals surface area contributed by atoms with Crippen LogP contribution in [0.4, 0.5) is 0 Å². The van der Waals surface area contributed by atoms with Crippen molar-refractivity contribution >= 4 is 16.9 Å². The van der Waals surface area contributed by atoms with E-state index in [1.807, 2.05) is 49.1 Å². The van der Waals surface area contributed by atoms with E-state index in [0.29, 0.717) is 5.92 Å². The molecule has 0 aliphatic carbocycles. The van der Waals surface area contributed by atoms with Crippen molar-refractivity contribution in [3.05, 3.63) is 58.9 Å². The molecule has 0 radical (unpaired) electrons. The second kappa shape index (κ2) is 7.06. The molecule has 1 aliphatic rings. The van der Waals surface area contributed by atoms with Crippen LogP contribution in [0.25, 0.3) is 11.0 Å². The van der Waals surface area contributed by atoms with Crippen molar-refractivity contribution in [2.75, 3.05) is 20.2 Å². The highest BCUT2D eigenvalue weighted by Crippen LogP contribution is 2.30. The highest BCUT2D eigenvalue weighted by molar-refractivity contribution is 5.95. The fourth-order valence-electron chi connectivity index (χ4n) is 4.10. The van der Waals surface area contributed by atoms with Gasteiger partial charge in [-0.05, 0) is 62.1 Å². The lowest BCUT2D eigenvalue weighted by Gasteiger charge is -2.31. The van der Waals surface area contributed by atoms with Crippen LogP contribution in [0.2, 0.25) is 0 Å². The van der Waals surface area contributed by atoms with Gasteiger partial charge in [0.2, 0.25) is 0 Å². The fourth-order valence-corrected chi connectivity index (χ4v) is 4.10. The number of amides is 1. The summed E-state index contributed by atoms with van der Waals surface area (Å²) in [5, 5.41) is 0. The molecule has 0 spiro atoms. The van der Waals surface area contributed by atoms with Crippen LogP contribution in [0, 0.1) is 13.8 Å². The normalized spacial score (nSPS) is 15.3. The van der Waals surface area contributed by atoms with Crippen molar-refractivity contribution in [2.24, 2.45) is 0 Å². The van der Waals surface area contributed by atoms with Gasteiger partial charge < -0.3 is 14.6 Å². The molecule has 0 bridgehead atoms. The summed E-state index contributed by atoms with van der Waals surface area (Å²) in [7, 11) is 1.67. The largest absolute Gasteiger partial charge is 0.496 e. The van der Waals surface area contributed by atoms with Gasteiger partial charge in [-0.1, -0.05) is 12.1 Å². The molecule has 5 nitrogen and oxygen atoms in total. The summed E-state index contributed by atoms with van der Waals surface area (Å²) in [6.07, 6.45) is 1.86. The Bertz CT molecular complexity index is 928. The number of carbonyl (C=O) groups excluding carboxylic acids is 1. The molecule has 140 valence electrons. The maximum absolute atomic E-state index is 12.9. The Labute approximate surface area is 159 Å². The Morgan fingerprint density at radius 1 is 1.15 bits per heavy atom. The predicted octanol–water partition coefficient (Wildman–Crippen LogP) is 4.21. The highest BCUT2D eigenvalue weighted by atomic mass is 16.5. The smallest absolute Gasteiger partial charge is 0.253 e. The lowest BCUT2D eigenvalue weighted by Crippen LogP contribution is -2.38. The Hall–Kier alpha value is -2.82. The molecule has 1 fully saturated rings. The molecule has 2 aromatic carbocycles. The number of para-hydroxylation sites is 2. The van der Waals surface area contributed by atoms with Crippen molar-refractivity contribution < 1.29 is 9.53 Å². The third-order valence-electron chi connectivity index (χ3n) is 5.49. The number of imidazole rings is 1. The first-order valence-electron chi connectivity index (χ1n) is 9.46. The Kier molecular flexibility index (Phi) is 4.60. The minimum absolute atomic E-state index is 0.104. The van der Waals surface area contributed by atoms with E-state index >= 15 is 0 Å². The lowest BCUT2D eigenvalue weighted by atomic mass is 9.95. The van der Waals surface area contributed by atoms with E-state index in [-0.39, 0.29) is 5.91 Å². The molecule has 5 heteroatoms. The number of hydrogen-bond donors (Lipinski definition) is 1. The lowest BCUT2D eigenvalue weighted by molar-refractivity contribution is 0.0711. The number of nitrogens with zero attached hydrogens (tertiary/aromatic N) is 2. The van der Waals surface area contributed by atoms with Crippen molar-refractivity contribution in [1.29, 1.82) is 0 Å². The second-order valence-electron chi connectivity index (χ2n) is 7.35. The summed E-state index contributed by atoms with van der Waals surface area (Å²) in [6.45, 7) is 5.47. The van der Waals surface area contributed by atoms with E-state index in [4.69, 9.17) is 9.72 Å². The van der Waals surface area contributed by atoms with Crippen molar-refractivity contribution in [2.45, 2.75) is 32.6 Å². The van der Waals surface area contributed by atoms with Gasteiger partial charge in [-0.3, -0.25) is 4.79 Å². The SMILES string of the molecule is COc1c(C)cc(C(=O)N2CCC(c3nc4ccccc4[nH]3)CC2)cc1C. The van der Waals surface area contributed by atoms with Crippen LogP contribution >= 0.6 is 0 Å². The third-order valence-corrected chi connectivity index (χ3v) is 5.49. The molecule has 4 rings (SSSR count). The van der Waals surface area contributed by atoms with E-state index in [2.05, 4.69) is 11.1 Å². The zero-order chi connectivity index (χ0) is 19.0. The summed E-state index contributed by atoms with van der Waals surface area (Å²) in [5.74, 6) is 2.38. The zero-order valence-corrected chi connectivity index (χ0v) is 16.1. The number of ether oxygens (including phenoxy) is 1. The van der Waals surface area contributed by atoms with Gasteiger partial charge in [0.15, 0.2) is 0 Å². The highest BCUT2D eigenvalue weighted by Gasteiger charge is 2.26. The fraction of sp³-hybridized carbons (Fsp3) is 0.364. The average molecular weight is 363 g/mol. The van der Waals surface area contributed by atoms with E-state index < -0.39 is 0 Å². The molecule has 1 amide bonds. The Balaban J connectivity index is 1.46. The van der Waals surface area contributed by atoms with Gasteiger partial charge in [-0.25, -0.2) is 4.98 Å². The van der Waals surface area contributed by atoms with E-state index in [9.17, 15) is 4.79 Å². The maximum atomic E-state index is 12.9. The number of carbonyl (C=O) groups is 1. The van der Waals surface area contributed by atoms with Crippen molar-refractivity contribution in [3.63, 3.8) is 0 Å². The minimum Gasteiger partial charge on any atom is -0.496 e. The molecule has 0 saturated carbocycles. The molecule has 1 saturated heterocycles. The van der Waals surface area contributed by atoms with Gasteiger partial charge in [0.05, 0.1) is 18.1 Å². The first-order valence-corrected chi connectivity index (χ1v) is 9.46. The number of piperidine rings is 1. The molecule has 2 heterocycles. The van der Waals surface area contributed by atoms with Crippen LogP contribution < -0.4 is 4.74 Å². The Morgan fingerprint density at radius 2 is 1.81 bits per heavy atom. The van der Waals surface area contributed by atoms with Crippen LogP contribution in [0.3, 0.4) is 0 Å². The average Bonchev–Trinajstić information content (AvgIpc) is 3.11. The minimum atomic E-state index is 0.104. The number of H-pyrrole nitrogens is 1. The first-order chi connectivity index (χ1) is 13.1. The number of aromatic amines is 1. The van der Waals surface area contributed by atoms with Gasteiger partial charge in [-0.2, -0.15) is 0 Å². The molecular formula is C22H25N3O2. The van der Waals surface area contributed by atoms with Gasteiger partial charge in [0.1, 0.15) is 11.6 Å². The molecular weight excluding hydrogens is 338 g/mol. The maximum Gasteiger partial charge on any atom is 0.253 e. The molecule has 3 aromatic rings. The van der Waals surface area contributed by atoms with Gasteiger partial charge >= 0.3 is 0 Å². The molecule has 27 heavy (non-hydrogen) atoms. The number of fused-ring (bicyclic) bond motifs is 1. The molecule has 1 aliphatic heterocycles. The van der Waals surface area contributed by atoms with Crippen LogP contribution in [0.5, 0.6) is 5.75 Å². The number of rotatable bonds is 3. The third kappa shape index (κ3) is 3.29. The van der Waals surface area contributed by atoms with Crippen LogP contribution in [-0.2, 0) is 0 Å². The first kappa shape index (κ1) is 17.6. The van der Waals surface area contributed by atoms with Gasteiger partial charge in [-0.15, -0.1) is 0 Å². The number of methoxy groups -OCH3 is 1. The number of aryl methyl sites for hydroxylation is 2. The number of likely N-dealkylation sites (tertiary alicyclic amines) is 1. The standard InChI is InChI=1S/C22H25N3O2/c1-14-12-17(13-15(2)20(14)27-3)22(26)25-10-8-16(9-11-25)21-23-18-6-4-5-7-19(18)24-21/h4-7,12-13,16H,8-11H2,1-3H3,(H,23,24). The van der Waals surface area contributed by atoms with Gasteiger partial charge in [0, 0.05) is 24.6 Å². The zero-order valence-electron chi connectivity index (χ0n) is 16.1. The van der Waals surface area contributed by atoms with Crippen LogP contribution in [-0.4, -0.2) is 41.0 Å². The summed E-state index contributed by atoms with van der Waals surface area (Å²) in [4.78, 5) is 23.1. The quantitative estimate of drug-likeness (QED) is 0.758. The van der Waals surface area contributed by atoms with Crippen LogP contribution in [0.1, 0.15) is 46.1 Å². The van der Waals surface area contributed by atoms with E-state index in [1.54, 1.807) is 7.11 Å².